The van der Waals surface area contributed by atoms with Gasteiger partial charge in [0, 0.05) is 0 Å². The van der Waals surface area contributed by atoms with Gasteiger partial charge in [-0.15, -0.1) is 0 Å². The number of rotatable bonds is 7. The maximum Gasteiger partial charge on any atom is 0.338 e. The maximum absolute atomic E-state index is 12.0. The summed E-state index contributed by atoms with van der Waals surface area (Å²) in [7, 11) is 1.36. The molecular formula is C18H20BrN5O3. The summed E-state index contributed by atoms with van der Waals surface area (Å²) in [5.41, 5.74) is 8.29. The number of aromatic nitrogens is 4. The van der Waals surface area contributed by atoms with Crippen LogP contribution in [0.25, 0.3) is 11.2 Å². The van der Waals surface area contributed by atoms with Crippen LogP contribution in [0.5, 0.6) is 6.01 Å². The number of ether oxygens (including phenoxy) is 2. The smallest absolute Gasteiger partial charge is 0.338 e. The minimum atomic E-state index is -0.399. The Labute approximate surface area is 164 Å². The summed E-state index contributed by atoms with van der Waals surface area (Å²) in [5, 5.41) is 0. The predicted octanol–water partition coefficient (Wildman–Crippen LogP) is 3.18. The van der Waals surface area contributed by atoms with Gasteiger partial charge in [0.05, 0.1) is 25.8 Å². The number of esters is 1. The fourth-order valence-electron chi connectivity index (χ4n) is 2.62. The molecular weight excluding hydrogens is 414 g/mol. The number of anilines is 1. The Bertz CT molecular complexity index is 973. The van der Waals surface area contributed by atoms with Crippen molar-refractivity contribution in [1.29, 1.82) is 0 Å². The Hall–Kier alpha value is -2.68. The van der Waals surface area contributed by atoms with Gasteiger partial charge in [0.2, 0.25) is 0 Å². The molecule has 142 valence electrons. The lowest BCUT2D eigenvalue weighted by atomic mass is 10.1. The fourth-order valence-corrected chi connectivity index (χ4v) is 3.10. The Morgan fingerprint density at radius 1 is 1.26 bits per heavy atom. The molecule has 0 amide bonds. The van der Waals surface area contributed by atoms with Crippen molar-refractivity contribution in [3.05, 3.63) is 40.1 Å². The normalized spacial score (nSPS) is 10.9. The number of methoxy groups -OCH3 is 1. The predicted molar refractivity (Wildman–Crippen MR) is 105 cm³/mol. The maximum atomic E-state index is 12.0. The lowest BCUT2D eigenvalue weighted by Gasteiger charge is -2.10. The summed E-state index contributed by atoms with van der Waals surface area (Å²) in [6, 6.07) is 7.43. The topological polar surface area (TPSA) is 105 Å². The minimum absolute atomic E-state index is 0.211. The average Bonchev–Trinajstić information content (AvgIpc) is 2.98. The Morgan fingerprint density at radius 3 is 2.78 bits per heavy atom. The molecule has 0 fully saturated rings. The number of nitrogens with zero attached hydrogens (tertiary/aromatic N) is 4. The number of nitrogen functional groups attached to an aromatic ring is 1. The van der Waals surface area contributed by atoms with Crippen molar-refractivity contribution in [3.8, 4) is 6.01 Å². The van der Waals surface area contributed by atoms with Gasteiger partial charge in [0.25, 0.3) is 0 Å². The van der Waals surface area contributed by atoms with Crippen LogP contribution >= 0.6 is 15.9 Å². The highest BCUT2D eigenvalue weighted by Gasteiger charge is 2.18. The molecule has 1 aromatic carbocycles. The molecule has 0 bridgehead atoms. The van der Waals surface area contributed by atoms with Crippen LogP contribution in [-0.4, -0.2) is 39.2 Å². The van der Waals surface area contributed by atoms with Gasteiger partial charge in [-0.05, 0) is 34.0 Å². The zero-order valence-corrected chi connectivity index (χ0v) is 16.7. The molecule has 0 aliphatic heterocycles. The average molecular weight is 434 g/mol. The summed E-state index contributed by atoms with van der Waals surface area (Å²) in [6.07, 6.45) is 1.91. The van der Waals surface area contributed by atoms with E-state index >= 15 is 0 Å². The number of nitrogens with two attached hydrogens (primary N) is 1. The second-order valence-electron chi connectivity index (χ2n) is 5.88. The monoisotopic (exact) mass is 433 g/mol. The van der Waals surface area contributed by atoms with E-state index in [0.717, 1.165) is 18.4 Å². The highest BCUT2D eigenvalue weighted by molar-refractivity contribution is 9.10. The van der Waals surface area contributed by atoms with E-state index in [1.165, 1.54) is 7.11 Å². The lowest BCUT2D eigenvalue weighted by molar-refractivity contribution is 0.0599. The van der Waals surface area contributed by atoms with Gasteiger partial charge in [-0.25, -0.2) is 9.78 Å². The van der Waals surface area contributed by atoms with Crippen molar-refractivity contribution in [2.45, 2.75) is 26.3 Å². The van der Waals surface area contributed by atoms with Crippen molar-refractivity contribution in [2.24, 2.45) is 0 Å². The third-order valence-electron chi connectivity index (χ3n) is 4.03. The van der Waals surface area contributed by atoms with Crippen LogP contribution in [0.2, 0.25) is 0 Å². The molecule has 3 aromatic rings. The van der Waals surface area contributed by atoms with Crippen LogP contribution in [0.15, 0.2) is 29.0 Å². The molecule has 0 aliphatic rings. The third-order valence-corrected chi connectivity index (χ3v) is 4.64. The summed E-state index contributed by atoms with van der Waals surface area (Å²) in [4.78, 5) is 25.1. The SMILES string of the molecule is CCCCOc1nc(N)c2nc(Br)n(Cc3ccccc3C(=O)OC)c2n1. The zero-order valence-electron chi connectivity index (χ0n) is 15.1. The number of unbranched alkanes of at least 4 members (excludes halogenated alkanes) is 1. The van der Waals surface area contributed by atoms with Gasteiger partial charge in [0.1, 0.15) is 0 Å². The van der Waals surface area contributed by atoms with Gasteiger partial charge >= 0.3 is 12.0 Å². The first-order chi connectivity index (χ1) is 13.0. The molecule has 0 spiro atoms. The number of carbonyl (C=O) groups excluding carboxylic acids is 1. The highest BCUT2D eigenvalue weighted by atomic mass is 79.9. The third kappa shape index (κ3) is 4.02. The molecule has 0 unspecified atom stereocenters. The number of fused-ring (bicyclic) bond motifs is 1. The van der Waals surface area contributed by atoms with Crippen LogP contribution in [0.1, 0.15) is 35.7 Å². The molecule has 27 heavy (non-hydrogen) atoms. The quantitative estimate of drug-likeness (QED) is 0.346. The number of imidazole rings is 1. The van der Waals surface area contributed by atoms with E-state index in [1.807, 2.05) is 16.7 Å². The molecule has 0 radical (unpaired) electrons. The summed E-state index contributed by atoms with van der Waals surface area (Å²) >= 11 is 3.44. The van der Waals surface area contributed by atoms with E-state index in [9.17, 15) is 4.79 Å². The van der Waals surface area contributed by atoms with Crippen LogP contribution in [0.3, 0.4) is 0 Å². The summed E-state index contributed by atoms with van der Waals surface area (Å²) < 4.78 is 12.8. The van der Waals surface area contributed by atoms with Gasteiger partial charge in [0.15, 0.2) is 21.7 Å². The molecule has 8 nitrogen and oxygen atoms in total. The van der Waals surface area contributed by atoms with Crippen LogP contribution in [-0.2, 0) is 11.3 Å². The van der Waals surface area contributed by atoms with Gasteiger partial charge in [-0.3, -0.25) is 4.57 Å². The molecule has 3 rings (SSSR count). The first-order valence-corrected chi connectivity index (χ1v) is 9.32. The number of carbonyl (C=O) groups is 1. The van der Waals surface area contributed by atoms with Crippen molar-refractivity contribution in [2.75, 3.05) is 19.5 Å². The second-order valence-corrected chi connectivity index (χ2v) is 6.59. The molecule has 0 saturated heterocycles. The van der Waals surface area contributed by atoms with Crippen LogP contribution in [0.4, 0.5) is 5.82 Å². The van der Waals surface area contributed by atoms with Crippen molar-refractivity contribution in [1.82, 2.24) is 19.5 Å². The van der Waals surface area contributed by atoms with Crippen molar-refractivity contribution in [3.63, 3.8) is 0 Å². The Kier molecular flexibility index (Phi) is 5.90. The number of halogens is 1. The van der Waals surface area contributed by atoms with Gasteiger partial charge in [-0.2, -0.15) is 9.97 Å². The van der Waals surface area contributed by atoms with Crippen molar-refractivity contribution < 1.29 is 14.3 Å². The lowest BCUT2D eigenvalue weighted by Crippen LogP contribution is -2.10. The highest BCUT2D eigenvalue weighted by Crippen LogP contribution is 2.26. The molecule has 0 saturated carbocycles. The van der Waals surface area contributed by atoms with E-state index in [-0.39, 0.29) is 11.8 Å². The van der Waals surface area contributed by atoms with E-state index in [2.05, 4.69) is 37.8 Å². The fraction of sp³-hybridized carbons (Fsp3) is 0.333. The Morgan fingerprint density at radius 2 is 2.04 bits per heavy atom. The first kappa shape index (κ1) is 19.1. The van der Waals surface area contributed by atoms with Crippen molar-refractivity contribution >= 4 is 38.9 Å². The molecule has 0 atom stereocenters. The number of hydrogen-bond donors (Lipinski definition) is 1. The zero-order chi connectivity index (χ0) is 19.4. The Balaban J connectivity index is 2.02. The second kappa shape index (κ2) is 8.34. The molecule has 0 aliphatic carbocycles. The molecule has 9 heteroatoms. The van der Waals surface area contributed by atoms with Crippen LogP contribution < -0.4 is 10.5 Å². The van der Waals surface area contributed by atoms with E-state index in [4.69, 9.17) is 15.2 Å². The molecule has 2 aromatic heterocycles. The largest absolute Gasteiger partial charge is 0.465 e. The summed E-state index contributed by atoms with van der Waals surface area (Å²) in [5.74, 6) is -0.156. The van der Waals surface area contributed by atoms with E-state index in [0.29, 0.717) is 34.6 Å². The standard InChI is InChI=1S/C18H20BrN5O3/c1-3-4-9-27-18-22-14(20)13-15(23-18)24(17(19)21-13)10-11-7-5-6-8-12(11)16(25)26-2/h5-8H,3-4,9-10H2,1-2H3,(H2,20,22,23). The summed E-state index contributed by atoms with van der Waals surface area (Å²) in [6.45, 7) is 2.95. The van der Waals surface area contributed by atoms with Gasteiger partial charge in [-0.1, -0.05) is 31.5 Å². The number of hydrogen-bond acceptors (Lipinski definition) is 7. The molecule has 2 heterocycles. The van der Waals surface area contributed by atoms with E-state index in [1.54, 1.807) is 12.1 Å². The number of benzene rings is 1. The molecule has 2 N–H and O–H groups in total. The van der Waals surface area contributed by atoms with Crippen LogP contribution in [0, 0.1) is 0 Å². The minimum Gasteiger partial charge on any atom is -0.465 e. The van der Waals surface area contributed by atoms with E-state index < -0.39 is 5.97 Å². The van der Waals surface area contributed by atoms with Gasteiger partial charge < -0.3 is 15.2 Å². The first-order valence-electron chi connectivity index (χ1n) is 8.53.